The van der Waals surface area contributed by atoms with E-state index in [-0.39, 0.29) is 41.4 Å². The second kappa shape index (κ2) is 9.56. The third-order valence-corrected chi connectivity index (χ3v) is 3.80. The molecule has 1 aliphatic heterocycles. The van der Waals surface area contributed by atoms with Crippen molar-refractivity contribution in [2.24, 2.45) is 5.73 Å². The zero-order valence-electron chi connectivity index (χ0n) is 13.3. The summed E-state index contributed by atoms with van der Waals surface area (Å²) >= 11 is 6.12. The van der Waals surface area contributed by atoms with E-state index in [1.54, 1.807) is 0 Å². The first-order valence-corrected chi connectivity index (χ1v) is 7.69. The van der Waals surface area contributed by atoms with Gasteiger partial charge in [-0.15, -0.1) is 12.4 Å². The zero-order valence-corrected chi connectivity index (χ0v) is 14.8. The number of hydrogen-bond donors (Lipinski definition) is 3. The molecule has 0 radical (unpaired) electrons. The molecular formula is C15H21Cl2N3O4. The average molecular weight is 378 g/mol. The van der Waals surface area contributed by atoms with Crippen LogP contribution in [0.5, 0.6) is 11.5 Å². The quantitative estimate of drug-likeness (QED) is 0.660. The number of methoxy groups -OCH3 is 1. The summed E-state index contributed by atoms with van der Waals surface area (Å²) in [7, 11) is 1.42. The number of amides is 2. The summed E-state index contributed by atoms with van der Waals surface area (Å²) < 4.78 is 10.4. The molecular weight excluding hydrogens is 357 g/mol. The second-order valence-electron chi connectivity index (χ2n) is 5.25. The van der Waals surface area contributed by atoms with Gasteiger partial charge in [0.15, 0.2) is 18.1 Å². The molecule has 1 aromatic carbocycles. The van der Waals surface area contributed by atoms with Gasteiger partial charge in [-0.05, 0) is 31.5 Å². The number of hydrogen-bond acceptors (Lipinski definition) is 5. The summed E-state index contributed by atoms with van der Waals surface area (Å²) in [5.74, 6) is -0.431. The largest absolute Gasteiger partial charge is 0.493 e. The minimum atomic E-state index is -0.631. The van der Waals surface area contributed by atoms with E-state index in [0.29, 0.717) is 18.2 Å². The van der Waals surface area contributed by atoms with Gasteiger partial charge in [-0.25, -0.2) is 0 Å². The highest BCUT2D eigenvalue weighted by atomic mass is 35.5. The standard InChI is InChI=1S/C15H20ClN3O4.ClH/c1-22-12-6-9(5-11(16)14(12)23-8-13(17)20)15(21)19-7-10-3-2-4-18-10;/h5-6,10,18H,2-4,7-8H2,1H3,(H2,17,20)(H,19,21);1H. The molecule has 1 saturated heterocycles. The summed E-state index contributed by atoms with van der Waals surface area (Å²) in [5.41, 5.74) is 5.40. The number of halogens is 2. The van der Waals surface area contributed by atoms with E-state index in [9.17, 15) is 9.59 Å². The predicted octanol–water partition coefficient (Wildman–Crippen LogP) is 1.12. The summed E-state index contributed by atoms with van der Waals surface area (Å²) in [6.45, 7) is 1.21. The number of nitrogens with one attached hydrogen (secondary N) is 2. The van der Waals surface area contributed by atoms with Crippen LogP contribution in [-0.2, 0) is 4.79 Å². The molecule has 1 aromatic rings. The Kier molecular flexibility index (Phi) is 8.10. The van der Waals surface area contributed by atoms with Crippen molar-refractivity contribution in [2.45, 2.75) is 18.9 Å². The molecule has 1 atom stereocenters. The van der Waals surface area contributed by atoms with Crippen LogP contribution < -0.4 is 25.8 Å². The van der Waals surface area contributed by atoms with Gasteiger partial charge in [-0.1, -0.05) is 11.6 Å². The van der Waals surface area contributed by atoms with Crippen LogP contribution in [0.25, 0.3) is 0 Å². The lowest BCUT2D eigenvalue weighted by Gasteiger charge is -2.14. The molecule has 24 heavy (non-hydrogen) atoms. The molecule has 9 heteroatoms. The number of ether oxygens (including phenoxy) is 2. The van der Waals surface area contributed by atoms with Gasteiger partial charge in [0.25, 0.3) is 11.8 Å². The van der Waals surface area contributed by atoms with Gasteiger partial charge in [0, 0.05) is 18.2 Å². The van der Waals surface area contributed by atoms with E-state index >= 15 is 0 Å². The first-order valence-electron chi connectivity index (χ1n) is 7.31. The van der Waals surface area contributed by atoms with Crippen LogP contribution >= 0.6 is 24.0 Å². The monoisotopic (exact) mass is 377 g/mol. The maximum absolute atomic E-state index is 12.2. The highest BCUT2D eigenvalue weighted by Gasteiger charge is 2.18. The van der Waals surface area contributed by atoms with Gasteiger partial charge < -0.3 is 25.8 Å². The van der Waals surface area contributed by atoms with Crippen molar-refractivity contribution in [1.29, 1.82) is 0 Å². The van der Waals surface area contributed by atoms with Crippen LogP contribution in [0.2, 0.25) is 5.02 Å². The minimum absolute atomic E-state index is 0. The molecule has 134 valence electrons. The number of rotatable bonds is 7. The van der Waals surface area contributed by atoms with E-state index in [4.69, 9.17) is 26.8 Å². The van der Waals surface area contributed by atoms with Gasteiger partial charge in [-0.2, -0.15) is 0 Å². The molecule has 1 unspecified atom stereocenters. The second-order valence-corrected chi connectivity index (χ2v) is 5.65. The van der Waals surface area contributed by atoms with E-state index < -0.39 is 5.91 Å². The summed E-state index contributed by atoms with van der Waals surface area (Å²) in [4.78, 5) is 23.0. The van der Waals surface area contributed by atoms with Crippen molar-refractivity contribution >= 4 is 35.8 Å². The topological polar surface area (TPSA) is 103 Å². The van der Waals surface area contributed by atoms with E-state index in [0.717, 1.165) is 19.4 Å². The molecule has 2 rings (SSSR count). The SMILES string of the molecule is COc1cc(C(=O)NCC2CCCN2)cc(Cl)c1OCC(N)=O.Cl. The van der Waals surface area contributed by atoms with E-state index in [2.05, 4.69) is 10.6 Å². The van der Waals surface area contributed by atoms with Crippen molar-refractivity contribution in [2.75, 3.05) is 26.8 Å². The number of primary amides is 1. The predicted molar refractivity (Wildman–Crippen MR) is 93.3 cm³/mol. The Morgan fingerprint density at radius 1 is 1.46 bits per heavy atom. The van der Waals surface area contributed by atoms with Gasteiger partial charge >= 0.3 is 0 Å². The van der Waals surface area contributed by atoms with Crippen LogP contribution in [0.1, 0.15) is 23.2 Å². The van der Waals surface area contributed by atoms with Crippen molar-refractivity contribution in [1.82, 2.24) is 10.6 Å². The summed E-state index contributed by atoms with van der Waals surface area (Å²) in [6, 6.07) is 3.28. The number of nitrogens with two attached hydrogens (primary N) is 1. The first-order chi connectivity index (χ1) is 11.0. The summed E-state index contributed by atoms with van der Waals surface area (Å²) in [5, 5.41) is 6.34. The smallest absolute Gasteiger partial charge is 0.255 e. The van der Waals surface area contributed by atoms with Gasteiger partial charge in [-0.3, -0.25) is 9.59 Å². The van der Waals surface area contributed by atoms with Crippen LogP contribution in [0.3, 0.4) is 0 Å². The normalized spacial score (nSPS) is 16.2. The molecule has 0 bridgehead atoms. The third kappa shape index (κ3) is 5.43. The van der Waals surface area contributed by atoms with Gasteiger partial charge in [0.2, 0.25) is 0 Å². The molecule has 1 aliphatic rings. The number of benzene rings is 1. The molecule has 1 fully saturated rings. The fourth-order valence-electron chi connectivity index (χ4n) is 2.38. The summed E-state index contributed by atoms with van der Waals surface area (Å²) in [6.07, 6.45) is 2.16. The van der Waals surface area contributed by atoms with E-state index in [1.165, 1.54) is 19.2 Å². The fraction of sp³-hybridized carbons (Fsp3) is 0.467. The maximum atomic E-state index is 12.2. The Morgan fingerprint density at radius 2 is 2.21 bits per heavy atom. The van der Waals surface area contributed by atoms with Crippen LogP contribution in [0.15, 0.2) is 12.1 Å². The van der Waals surface area contributed by atoms with Crippen molar-refractivity contribution in [3.05, 3.63) is 22.7 Å². The Hall–Kier alpha value is -1.70. The van der Waals surface area contributed by atoms with Crippen molar-refractivity contribution < 1.29 is 19.1 Å². The van der Waals surface area contributed by atoms with Crippen molar-refractivity contribution in [3.63, 3.8) is 0 Å². The molecule has 0 saturated carbocycles. The fourth-order valence-corrected chi connectivity index (χ4v) is 2.65. The number of carbonyl (C=O) groups is 2. The zero-order chi connectivity index (χ0) is 16.8. The maximum Gasteiger partial charge on any atom is 0.255 e. The van der Waals surface area contributed by atoms with E-state index in [1.807, 2.05) is 0 Å². The molecule has 0 aromatic heterocycles. The average Bonchev–Trinajstić information content (AvgIpc) is 3.03. The Bertz CT molecular complexity index is 592. The highest BCUT2D eigenvalue weighted by Crippen LogP contribution is 2.36. The molecule has 2 amide bonds. The Balaban J connectivity index is 0.00000288. The highest BCUT2D eigenvalue weighted by molar-refractivity contribution is 6.32. The molecule has 1 heterocycles. The van der Waals surface area contributed by atoms with Gasteiger partial charge in [0.05, 0.1) is 12.1 Å². The lowest BCUT2D eigenvalue weighted by atomic mass is 10.1. The first kappa shape index (κ1) is 20.3. The van der Waals surface area contributed by atoms with Crippen LogP contribution in [0, 0.1) is 0 Å². The number of carbonyl (C=O) groups excluding carboxylic acids is 2. The van der Waals surface area contributed by atoms with Gasteiger partial charge in [0.1, 0.15) is 0 Å². The van der Waals surface area contributed by atoms with Crippen LogP contribution in [-0.4, -0.2) is 44.7 Å². The lowest BCUT2D eigenvalue weighted by Crippen LogP contribution is -2.37. The van der Waals surface area contributed by atoms with Crippen LogP contribution in [0.4, 0.5) is 0 Å². The molecule has 0 spiro atoms. The molecule has 0 aliphatic carbocycles. The third-order valence-electron chi connectivity index (χ3n) is 3.52. The Morgan fingerprint density at radius 3 is 2.79 bits per heavy atom. The minimum Gasteiger partial charge on any atom is -0.493 e. The lowest BCUT2D eigenvalue weighted by molar-refractivity contribution is -0.119. The van der Waals surface area contributed by atoms with Crippen molar-refractivity contribution in [3.8, 4) is 11.5 Å². The molecule has 7 nitrogen and oxygen atoms in total. The Labute approximate surface area is 151 Å². The molecule has 4 N–H and O–H groups in total.